The number of carbonyl (C=O) groups excluding carboxylic acids is 1. The van der Waals surface area contributed by atoms with Crippen molar-refractivity contribution in [2.45, 2.75) is 20.8 Å². The molecule has 0 saturated heterocycles. The minimum atomic E-state index is -0.128. The van der Waals surface area contributed by atoms with Crippen LogP contribution in [0.5, 0.6) is 11.5 Å². The molecule has 0 aromatic heterocycles. The Balaban J connectivity index is 2.46. The Morgan fingerprint density at radius 3 is 2.61 bits per heavy atom. The molecule has 1 aromatic carbocycles. The molecule has 0 aliphatic rings. The van der Waals surface area contributed by atoms with E-state index in [0.29, 0.717) is 18.0 Å². The molecule has 0 heterocycles. The summed E-state index contributed by atoms with van der Waals surface area (Å²) < 4.78 is 10.9. The van der Waals surface area contributed by atoms with Crippen LogP contribution in [0.25, 0.3) is 6.08 Å². The molecule has 0 fully saturated rings. The van der Waals surface area contributed by atoms with Crippen LogP contribution in [-0.4, -0.2) is 50.7 Å². The first kappa shape index (κ1) is 19.0. The van der Waals surface area contributed by atoms with Gasteiger partial charge in [0.2, 0.25) is 0 Å². The maximum absolute atomic E-state index is 11.8. The van der Waals surface area contributed by atoms with E-state index in [0.717, 1.165) is 25.2 Å². The summed E-state index contributed by atoms with van der Waals surface area (Å²) in [6.07, 6.45) is 3.94. The SMILES string of the molecule is CC=Cc1ccc(OCC(=O)NCCN(CC)CC)c(OC)c1. The summed E-state index contributed by atoms with van der Waals surface area (Å²) in [5, 5.41) is 2.86. The Hall–Kier alpha value is -2.01. The fourth-order valence-electron chi connectivity index (χ4n) is 2.19. The van der Waals surface area contributed by atoms with Gasteiger partial charge in [-0.3, -0.25) is 4.79 Å². The highest BCUT2D eigenvalue weighted by molar-refractivity contribution is 5.77. The molecule has 0 bridgehead atoms. The average Bonchev–Trinajstić information content (AvgIpc) is 2.57. The normalized spacial score (nSPS) is 11.0. The van der Waals surface area contributed by atoms with Gasteiger partial charge < -0.3 is 19.7 Å². The molecule has 23 heavy (non-hydrogen) atoms. The minimum absolute atomic E-state index is 0.0163. The second-order valence-electron chi connectivity index (χ2n) is 5.08. The Labute approximate surface area is 139 Å². The van der Waals surface area contributed by atoms with E-state index in [1.54, 1.807) is 7.11 Å². The average molecular weight is 320 g/mol. The number of benzene rings is 1. The molecule has 0 aliphatic carbocycles. The van der Waals surface area contributed by atoms with Crippen molar-refractivity contribution in [2.24, 2.45) is 0 Å². The van der Waals surface area contributed by atoms with E-state index in [1.807, 2.05) is 37.3 Å². The zero-order valence-electron chi connectivity index (χ0n) is 14.6. The zero-order valence-corrected chi connectivity index (χ0v) is 14.6. The maximum Gasteiger partial charge on any atom is 0.257 e. The van der Waals surface area contributed by atoms with E-state index in [1.165, 1.54) is 0 Å². The minimum Gasteiger partial charge on any atom is -0.493 e. The Kier molecular flexibility index (Phi) is 8.83. The van der Waals surface area contributed by atoms with Crippen molar-refractivity contribution >= 4 is 12.0 Å². The molecular weight excluding hydrogens is 292 g/mol. The maximum atomic E-state index is 11.8. The van der Waals surface area contributed by atoms with Gasteiger partial charge in [-0.2, -0.15) is 0 Å². The molecule has 1 amide bonds. The van der Waals surface area contributed by atoms with Crippen molar-refractivity contribution in [2.75, 3.05) is 39.9 Å². The van der Waals surface area contributed by atoms with Gasteiger partial charge in [-0.05, 0) is 37.7 Å². The van der Waals surface area contributed by atoms with Gasteiger partial charge in [0.1, 0.15) is 0 Å². The molecular formula is C18H28N2O3. The second kappa shape index (κ2) is 10.7. The summed E-state index contributed by atoms with van der Waals surface area (Å²) >= 11 is 0. The summed E-state index contributed by atoms with van der Waals surface area (Å²) in [5.74, 6) is 1.06. The lowest BCUT2D eigenvalue weighted by Crippen LogP contribution is -2.36. The summed E-state index contributed by atoms with van der Waals surface area (Å²) in [5.41, 5.74) is 1.03. The lowest BCUT2D eigenvalue weighted by atomic mass is 10.2. The smallest absolute Gasteiger partial charge is 0.257 e. The van der Waals surface area contributed by atoms with Crippen LogP contribution in [0.3, 0.4) is 0 Å². The van der Waals surface area contributed by atoms with Crippen LogP contribution in [0.4, 0.5) is 0 Å². The van der Waals surface area contributed by atoms with Crippen molar-refractivity contribution in [3.8, 4) is 11.5 Å². The van der Waals surface area contributed by atoms with Crippen molar-refractivity contribution in [1.82, 2.24) is 10.2 Å². The molecule has 1 N–H and O–H groups in total. The molecule has 0 aliphatic heterocycles. The van der Waals surface area contributed by atoms with Crippen molar-refractivity contribution in [3.05, 3.63) is 29.8 Å². The van der Waals surface area contributed by atoms with E-state index in [2.05, 4.69) is 24.1 Å². The number of carbonyl (C=O) groups is 1. The van der Waals surface area contributed by atoms with E-state index in [4.69, 9.17) is 9.47 Å². The first-order valence-corrected chi connectivity index (χ1v) is 8.07. The van der Waals surface area contributed by atoms with Crippen LogP contribution in [-0.2, 0) is 4.79 Å². The van der Waals surface area contributed by atoms with E-state index in [9.17, 15) is 4.79 Å². The van der Waals surface area contributed by atoms with Gasteiger partial charge in [-0.15, -0.1) is 0 Å². The number of hydrogen-bond acceptors (Lipinski definition) is 4. The lowest BCUT2D eigenvalue weighted by Gasteiger charge is -2.18. The highest BCUT2D eigenvalue weighted by Crippen LogP contribution is 2.28. The zero-order chi connectivity index (χ0) is 17.1. The predicted octanol–water partition coefficient (Wildman–Crippen LogP) is 2.57. The molecule has 0 unspecified atom stereocenters. The van der Waals surface area contributed by atoms with Gasteiger partial charge in [0.15, 0.2) is 18.1 Å². The molecule has 1 rings (SSSR count). The largest absolute Gasteiger partial charge is 0.493 e. The number of ether oxygens (including phenoxy) is 2. The molecule has 5 nitrogen and oxygen atoms in total. The highest BCUT2D eigenvalue weighted by Gasteiger charge is 2.08. The van der Waals surface area contributed by atoms with Crippen LogP contribution in [0, 0.1) is 0 Å². The van der Waals surface area contributed by atoms with Gasteiger partial charge in [-0.1, -0.05) is 32.1 Å². The summed E-state index contributed by atoms with van der Waals surface area (Å²) in [6, 6.07) is 5.63. The van der Waals surface area contributed by atoms with Crippen molar-refractivity contribution < 1.29 is 14.3 Å². The van der Waals surface area contributed by atoms with Crippen LogP contribution >= 0.6 is 0 Å². The van der Waals surface area contributed by atoms with Gasteiger partial charge >= 0.3 is 0 Å². The Morgan fingerprint density at radius 1 is 1.26 bits per heavy atom. The number of rotatable bonds is 10. The number of methoxy groups -OCH3 is 1. The molecule has 0 saturated carbocycles. The van der Waals surface area contributed by atoms with Gasteiger partial charge in [0.05, 0.1) is 7.11 Å². The number of likely N-dealkylation sites (N-methyl/N-ethyl adjacent to an activating group) is 1. The van der Waals surface area contributed by atoms with E-state index in [-0.39, 0.29) is 12.5 Å². The fourth-order valence-corrected chi connectivity index (χ4v) is 2.19. The molecule has 1 aromatic rings. The third-order valence-electron chi connectivity index (χ3n) is 3.55. The molecule has 0 atom stereocenters. The fraction of sp³-hybridized carbons (Fsp3) is 0.500. The second-order valence-corrected chi connectivity index (χ2v) is 5.08. The van der Waals surface area contributed by atoms with Gasteiger partial charge in [-0.25, -0.2) is 0 Å². The third kappa shape index (κ3) is 6.74. The van der Waals surface area contributed by atoms with Crippen molar-refractivity contribution in [3.63, 3.8) is 0 Å². The summed E-state index contributed by atoms with van der Waals surface area (Å²) in [7, 11) is 1.59. The van der Waals surface area contributed by atoms with Crippen LogP contribution in [0.15, 0.2) is 24.3 Å². The van der Waals surface area contributed by atoms with E-state index < -0.39 is 0 Å². The van der Waals surface area contributed by atoms with Crippen LogP contribution in [0.1, 0.15) is 26.3 Å². The Bertz CT molecular complexity index is 511. The standard InChI is InChI=1S/C18H28N2O3/c1-5-8-15-9-10-16(17(13-15)22-4)23-14-18(21)19-11-12-20(6-2)7-3/h5,8-10,13H,6-7,11-12,14H2,1-4H3,(H,19,21). The number of nitrogens with zero attached hydrogens (tertiary/aromatic N) is 1. The molecule has 128 valence electrons. The third-order valence-corrected chi connectivity index (χ3v) is 3.55. The van der Waals surface area contributed by atoms with Gasteiger partial charge in [0, 0.05) is 13.1 Å². The number of allylic oxidation sites excluding steroid dienone is 1. The molecule has 0 radical (unpaired) electrons. The van der Waals surface area contributed by atoms with E-state index >= 15 is 0 Å². The van der Waals surface area contributed by atoms with Gasteiger partial charge in [0.25, 0.3) is 5.91 Å². The molecule has 5 heteroatoms. The Morgan fingerprint density at radius 2 is 2.00 bits per heavy atom. The monoisotopic (exact) mass is 320 g/mol. The first-order valence-electron chi connectivity index (χ1n) is 8.07. The quantitative estimate of drug-likeness (QED) is 0.720. The summed E-state index contributed by atoms with van der Waals surface area (Å²) in [4.78, 5) is 14.1. The lowest BCUT2D eigenvalue weighted by molar-refractivity contribution is -0.123. The van der Waals surface area contributed by atoms with Crippen LogP contribution < -0.4 is 14.8 Å². The topological polar surface area (TPSA) is 50.8 Å². The highest BCUT2D eigenvalue weighted by atomic mass is 16.5. The predicted molar refractivity (Wildman–Crippen MR) is 94.0 cm³/mol. The number of amides is 1. The molecule has 0 spiro atoms. The first-order chi connectivity index (χ1) is 11.1. The number of nitrogens with one attached hydrogen (secondary N) is 1. The van der Waals surface area contributed by atoms with Crippen LogP contribution in [0.2, 0.25) is 0 Å². The van der Waals surface area contributed by atoms with Crippen molar-refractivity contribution in [1.29, 1.82) is 0 Å². The summed E-state index contributed by atoms with van der Waals surface area (Å²) in [6.45, 7) is 9.60. The number of hydrogen-bond donors (Lipinski definition) is 1.